The summed E-state index contributed by atoms with van der Waals surface area (Å²) >= 11 is 0. The molecule has 0 spiro atoms. The Morgan fingerprint density at radius 1 is 1.26 bits per heavy atom. The maximum Gasteiger partial charge on any atom is 0.293 e. The normalized spacial score (nSPS) is 14.9. The maximum absolute atomic E-state index is 13.2. The van der Waals surface area contributed by atoms with Crippen LogP contribution in [0, 0.1) is 10.1 Å². The van der Waals surface area contributed by atoms with Gasteiger partial charge in [-0.15, -0.1) is 0 Å². The van der Waals surface area contributed by atoms with Crippen molar-refractivity contribution in [2.75, 3.05) is 51.8 Å². The molecule has 1 saturated heterocycles. The Morgan fingerprint density at radius 3 is 2.74 bits per heavy atom. The second-order valence-electron chi connectivity index (χ2n) is 7.66. The number of nitrogens with one attached hydrogen (secondary N) is 2. The summed E-state index contributed by atoms with van der Waals surface area (Å²) in [6.07, 6.45) is 3.00. The molecule has 13 heteroatoms. The molecule has 1 amide bonds. The van der Waals surface area contributed by atoms with E-state index in [9.17, 15) is 23.3 Å². The second-order valence-corrected chi connectivity index (χ2v) is 9.56. The van der Waals surface area contributed by atoms with Crippen LogP contribution in [0.1, 0.15) is 10.4 Å². The highest BCUT2D eigenvalue weighted by atomic mass is 32.2. The number of nitro benzene ring substituents is 1. The number of anilines is 1. The first kappa shape index (κ1) is 23.6. The fourth-order valence-corrected chi connectivity index (χ4v) is 5.42. The minimum Gasteiger partial charge on any atom is -0.383 e. The molecule has 0 bridgehead atoms. The lowest BCUT2D eigenvalue weighted by Crippen LogP contribution is -2.50. The number of ether oxygens (including phenoxy) is 1. The van der Waals surface area contributed by atoms with Crippen molar-refractivity contribution in [2.45, 2.75) is 4.90 Å². The molecule has 1 aliphatic heterocycles. The fourth-order valence-electron chi connectivity index (χ4n) is 3.85. The highest BCUT2D eigenvalue weighted by Gasteiger charge is 2.32. The minimum atomic E-state index is -3.78. The van der Waals surface area contributed by atoms with E-state index in [1.165, 1.54) is 40.7 Å². The van der Waals surface area contributed by atoms with E-state index in [1.54, 1.807) is 18.3 Å². The number of benzene rings is 1. The Labute approximate surface area is 195 Å². The highest BCUT2D eigenvalue weighted by molar-refractivity contribution is 7.89. The summed E-state index contributed by atoms with van der Waals surface area (Å²) in [5.41, 5.74) is 0.735. The third-order valence-corrected chi connectivity index (χ3v) is 7.56. The SMILES string of the molecule is COCCNc1ccc(C(=O)N2CCN(S(=O)(=O)c3c[nH]c4ncccc34)CC2)cc1[N+](=O)[O-]. The number of nitro groups is 1. The van der Waals surface area contributed by atoms with E-state index < -0.39 is 14.9 Å². The lowest BCUT2D eigenvalue weighted by molar-refractivity contribution is -0.384. The lowest BCUT2D eigenvalue weighted by Gasteiger charge is -2.34. The minimum absolute atomic E-state index is 0.111. The van der Waals surface area contributed by atoms with Crippen LogP contribution in [0.4, 0.5) is 11.4 Å². The van der Waals surface area contributed by atoms with Gasteiger partial charge >= 0.3 is 0 Å². The van der Waals surface area contributed by atoms with Gasteiger partial charge in [-0.1, -0.05) is 0 Å². The van der Waals surface area contributed by atoms with Gasteiger partial charge in [0.05, 0.1) is 11.5 Å². The number of aromatic amines is 1. The summed E-state index contributed by atoms with van der Waals surface area (Å²) in [6.45, 7) is 1.31. The summed E-state index contributed by atoms with van der Waals surface area (Å²) < 4.78 is 32.6. The number of methoxy groups -OCH3 is 1. The number of carbonyl (C=O) groups excluding carboxylic acids is 1. The molecule has 12 nitrogen and oxygen atoms in total. The van der Waals surface area contributed by atoms with E-state index >= 15 is 0 Å². The smallest absolute Gasteiger partial charge is 0.293 e. The van der Waals surface area contributed by atoms with E-state index in [1.807, 2.05) is 0 Å². The van der Waals surface area contributed by atoms with Crippen LogP contribution in [0.2, 0.25) is 0 Å². The van der Waals surface area contributed by atoms with Crippen LogP contribution in [0.15, 0.2) is 47.6 Å². The summed E-state index contributed by atoms with van der Waals surface area (Å²) in [6, 6.07) is 7.61. The van der Waals surface area contributed by atoms with Gasteiger partial charge in [-0.3, -0.25) is 14.9 Å². The lowest BCUT2D eigenvalue weighted by atomic mass is 10.1. The summed E-state index contributed by atoms with van der Waals surface area (Å²) in [7, 11) is -2.25. The number of carbonyl (C=O) groups is 1. The van der Waals surface area contributed by atoms with E-state index in [2.05, 4.69) is 15.3 Å². The number of fused-ring (bicyclic) bond motifs is 1. The molecule has 2 N–H and O–H groups in total. The molecule has 1 aromatic carbocycles. The van der Waals surface area contributed by atoms with Crippen LogP contribution in [0.5, 0.6) is 0 Å². The predicted octanol–water partition coefficient (Wildman–Crippen LogP) is 1.68. The zero-order valence-electron chi connectivity index (χ0n) is 18.4. The largest absolute Gasteiger partial charge is 0.383 e. The summed E-state index contributed by atoms with van der Waals surface area (Å²) in [4.78, 5) is 32.6. The number of hydrogen-bond acceptors (Lipinski definition) is 8. The molecule has 0 radical (unpaired) electrons. The summed E-state index contributed by atoms with van der Waals surface area (Å²) in [5, 5.41) is 14.9. The maximum atomic E-state index is 13.2. The van der Waals surface area contributed by atoms with Gasteiger partial charge in [0.2, 0.25) is 10.0 Å². The Bertz CT molecular complexity index is 1320. The van der Waals surface area contributed by atoms with Crippen molar-refractivity contribution in [3.05, 3.63) is 58.4 Å². The molecule has 3 aromatic rings. The average molecular weight is 489 g/mol. The average Bonchev–Trinajstić information content (AvgIpc) is 3.29. The van der Waals surface area contributed by atoms with Gasteiger partial charge in [0.15, 0.2) is 0 Å². The zero-order valence-corrected chi connectivity index (χ0v) is 19.2. The number of nitrogens with zero attached hydrogens (tertiary/aromatic N) is 4. The standard InChI is InChI=1S/C21H24N6O6S/c1-33-12-7-22-17-5-4-15(13-18(17)27(29)30)21(28)25-8-10-26(11-9-25)34(31,32)19-14-24-20-16(19)3-2-6-23-20/h2-6,13-14,22H,7-12H2,1H3,(H,23,24). The molecule has 3 heterocycles. The molecular weight excluding hydrogens is 464 g/mol. The molecule has 1 fully saturated rings. The van der Waals surface area contributed by atoms with Crippen LogP contribution < -0.4 is 5.32 Å². The predicted molar refractivity (Wildman–Crippen MR) is 124 cm³/mol. The first-order valence-corrected chi connectivity index (χ1v) is 12.0. The number of aromatic nitrogens is 2. The van der Waals surface area contributed by atoms with Crippen molar-refractivity contribution in [3.8, 4) is 0 Å². The van der Waals surface area contributed by atoms with Crippen LogP contribution in [-0.4, -0.2) is 84.9 Å². The van der Waals surface area contributed by atoms with Gasteiger partial charge < -0.3 is 19.9 Å². The number of pyridine rings is 1. The van der Waals surface area contributed by atoms with Crippen molar-refractivity contribution >= 4 is 38.3 Å². The van der Waals surface area contributed by atoms with E-state index in [-0.39, 0.29) is 48.2 Å². The third-order valence-electron chi connectivity index (χ3n) is 5.62. The quantitative estimate of drug-likeness (QED) is 0.276. The number of rotatable bonds is 8. The van der Waals surface area contributed by atoms with Crippen molar-refractivity contribution < 1.29 is 22.9 Å². The van der Waals surface area contributed by atoms with Crippen LogP contribution in [-0.2, 0) is 14.8 Å². The highest BCUT2D eigenvalue weighted by Crippen LogP contribution is 2.28. The molecular formula is C21H24N6O6S. The zero-order chi connectivity index (χ0) is 24.3. The van der Waals surface area contributed by atoms with Gasteiger partial charge in [0.25, 0.3) is 11.6 Å². The van der Waals surface area contributed by atoms with Crippen molar-refractivity contribution in [3.63, 3.8) is 0 Å². The van der Waals surface area contributed by atoms with Crippen molar-refractivity contribution in [1.82, 2.24) is 19.2 Å². The van der Waals surface area contributed by atoms with E-state index in [0.29, 0.717) is 29.9 Å². The van der Waals surface area contributed by atoms with Crippen LogP contribution >= 0.6 is 0 Å². The van der Waals surface area contributed by atoms with E-state index in [4.69, 9.17) is 4.74 Å². The van der Waals surface area contributed by atoms with Gasteiger partial charge in [-0.2, -0.15) is 4.31 Å². The molecule has 0 unspecified atom stereocenters. The van der Waals surface area contributed by atoms with E-state index in [0.717, 1.165) is 0 Å². The molecule has 1 aliphatic rings. The number of piperazine rings is 1. The molecule has 180 valence electrons. The third kappa shape index (κ3) is 4.58. The Kier molecular flexibility index (Phi) is 6.77. The van der Waals surface area contributed by atoms with Gasteiger partial charge in [-0.25, -0.2) is 13.4 Å². The number of H-pyrrole nitrogens is 1. The fraction of sp³-hybridized carbons (Fsp3) is 0.333. The Morgan fingerprint density at radius 2 is 2.03 bits per heavy atom. The molecule has 2 aromatic heterocycles. The first-order valence-electron chi connectivity index (χ1n) is 10.6. The van der Waals surface area contributed by atoms with Crippen molar-refractivity contribution in [2.24, 2.45) is 0 Å². The second kappa shape index (κ2) is 9.75. The van der Waals surface area contributed by atoms with Gasteiger partial charge in [-0.05, 0) is 24.3 Å². The number of sulfonamides is 1. The molecule has 0 saturated carbocycles. The molecule has 4 rings (SSSR count). The summed E-state index contributed by atoms with van der Waals surface area (Å²) in [5.74, 6) is -0.389. The Hall–Kier alpha value is -3.55. The number of hydrogen-bond donors (Lipinski definition) is 2. The number of amides is 1. The Balaban J connectivity index is 1.46. The molecule has 0 aliphatic carbocycles. The van der Waals surface area contributed by atoms with Crippen LogP contribution in [0.3, 0.4) is 0 Å². The topological polar surface area (TPSA) is 151 Å². The monoisotopic (exact) mass is 488 g/mol. The molecule has 0 atom stereocenters. The van der Waals surface area contributed by atoms with Crippen LogP contribution in [0.25, 0.3) is 11.0 Å². The first-order chi connectivity index (χ1) is 16.3. The van der Waals surface area contributed by atoms with Gasteiger partial charge in [0.1, 0.15) is 16.2 Å². The van der Waals surface area contributed by atoms with Crippen molar-refractivity contribution in [1.29, 1.82) is 0 Å². The molecule has 34 heavy (non-hydrogen) atoms. The van der Waals surface area contributed by atoms with Gasteiger partial charge in [0, 0.05) is 69.2 Å².